The molecule has 0 atom stereocenters. The van der Waals surface area contributed by atoms with Crippen LogP contribution in [-0.4, -0.2) is 35.5 Å². The molecular weight excluding hydrogens is 364 g/mol. The maximum Gasteiger partial charge on any atom is 0.339 e. The van der Waals surface area contributed by atoms with E-state index >= 15 is 0 Å². The van der Waals surface area contributed by atoms with Gasteiger partial charge in [-0.3, -0.25) is 4.99 Å². The Morgan fingerprint density at radius 3 is 2.74 bits per heavy atom. The fourth-order valence-corrected chi connectivity index (χ4v) is 3.05. The Morgan fingerprint density at radius 1 is 1.30 bits per heavy atom. The van der Waals surface area contributed by atoms with Gasteiger partial charge in [-0.05, 0) is 47.0 Å². The van der Waals surface area contributed by atoms with E-state index in [1.807, 2.05) is 6.07 Å². The summed E-state index contributed by atoms with van der Waals surface area (Å²) in [6.07, 6.45) is 3.84. The minimum Gasteiger partial charge on any atom is -0.507 e. The van der Waals surface area contributed by atoms with Gasteiger partial charge in [0.15, 0.2) is 0 Å². The lowest BCUT2D eigenvalue weighted by atomic mass is 10.2. The summed E-state index contributed by atoms with van der Waals surface area (Å²) in [4.78, 5) is 17.4. The molecule has 0 radical (unpaired) electrons. The minimum atomic E-state index is -1.20. The molecule has 0 aliphatic carbocycles. The Balaban J connectivity index is 1.81. The third-order valence-corrected chi connectivity index (χ3v) is 4.20. The van der Waals surface area contributed by atoms with Crippen molar-refractivity contribution >= 4 is 39.7 Å². The Hall–Kier alpha value is -2.28. The van der Waals surface area contributed by atoms with Gasteiger partial charge in [-0.1, -0.05) is 0 Å². The molecule has 0 saturated carbocycles. The van der Waals surface area contributed by atoms with Crippen molar-refractivity contribution in [1.29, 1.82) is 0 Å². The van der Waals surface area contributed by atoms with E-state index in [1.54, 1.807) is 0 Å². The van der Waals surface area contributed by atoms with Gasteiger partial charge < -0.3 is 19.5 Å². The zero-order valence-electron chi connectivity index (χ0n) is 12.2. The molecule has 0 spiro atoms. The number of carboxylic acids is 1. The highest BCUT2D eigenvalue weighted by atomic mass is 79.9. The number of hydrogen-bond acceptors (Lipinski definition) is 5. The SMILES string of the molecule is O=C(O)c1cc(N=Cc2cc(Br)c(N3CCCC3)o2)ccc1O. The van der Waals surface area contributed by atoms with Gasteiger partial charge >= 0.3 is 5.97 Å². The highest BCUT2D eigenvalue weighted by Gasteiger charge is 2.19. The summed E-state index contributed by atoms with van der Waals surface area (Å²) in [5.74, 6) is -0.116. The summed E-state index contributed by atoms with van der Waals surface area (Å²) in [6.45, 7) is 1.95. The molecule has 1 saturated heterocycles. The topological polar surface area (TPSA) is 86.3 Å². The first kappa shape index (κ1) is 15.6. The monoisotopic (exact) mass is 378 g/mol. The summed E-state index contributed by atoms with van der Waals surface area (Å²) in [6, 6.07) is 5.99. The van der Waals surface area contributed by atoms with E-state index in [0.29, 0.717) is 11.4 Å². The van der Waals surface area contributed by atoms with Gasteiger partial charge in [0.2, 0.25) is 5.88 Å². The molecule has 1 aliphatic heterocycles. The van der Waals surface area contributed by atoms with Gasteiger partial charge in [0.1, 0.15) is 17.1 Å². The molecule has 1 aromatic heterocycles. The molecule has 120 valence electrons. The fourth-order valence-electron chi connectivity index (χ4n) is 2.49. The number of aliphatic imine (C=N–C) groups is 1. The molecule has 1 fully saturated rings. The van der Waals surface area contributed by atoms with Crippen molar-refractivity contribution in [3.8, 4) is 5.75 Å². The summed E-state index contributed by atoms with van der Waals surface area (Å²) in [7, 11) is 0. The molecular formula is C16H15BrN2O4. The summed E-state index contributed by atoms with van der Waals surface area (Å²) >= 11 is 3.49. The average molecular weight is 379 g/mol. The number of aromatic carboxylic acids is 1. The third-order valence-electron chi connectivity index (χ3n) is 3.63. The van der Waals surface area contributed by atoms with E-state index in [0.717, 1.165) is 36.3 Å². The first-order valence-corrected chi connectivity index (χ1v) is 7.98. The van der Waals surface area contributed by atoms with E-state index in [1.165, 1.54) is 24.4 Å². The predicted molar refractivity (Wildman–Crippen MR) is 90.2 cm³/mol. The van der Waals surface area contributed by atoms with E-state index in [2.05, 4.69) is 25.8 Å². The van der Waals surface area contributed by atoms with Gasteiger partial charge in [-0.15, -0.1) is 0 Å². The molecule has 2 N–H and O–H groups in total. The maximum atomic E-state index is 11.0. The Kier molecular flexibility index (Phi) is 4.38. The maximum absolute atomic E-state index is 11.0. The normalized spacial score (nSPS) is 14.7. The number of halogens is 1. The largest absolute Gasteiger partial charge is 0.507 e. The molecule has 1 aliphatic rings. The van der Waals surface area contributed by atoms with Crippen LogP contribution in [0.25, 0.3) is 0 Å². The van der Waals surface area contributed by atoms with Crippen molar-refractivity contribution < 1.29 is 19.4 Å². The molecule has 23 heavy (non-hydrogen) atoms. The lowest BCUT2D eigenvalue weighted by Gasteiger charge is -2.13. The number of hydrogen-bond donors (Lipinski definition) is 2. The second-order valence-electron chi connectivity index (χ2n) is 5.26. The number of anilines is 1. The number of benzene rings is 1. The Bertz CT molecular complexity index is 763. The molecule has 0 bridgehead atoms. The lowest BCUT2D eigenvalue weighted by Crippen LogP contribution is -2.17. The number of furan rings is 1. The number of phenols is 1. The van der Waals surface area contributed by atoms with Crippen LogP contribution in [-0.2, 0) is 0 Å². The second-order valence-corrected chi connectivity index (χ2v) is 6.12. The predicted octanol–water partition coefficient (Wildman–Crippen LogP) is 3.80. The molecule has 3 rings (SSSR count). The standard InChI is InChI=1S/C16H15BrN2O4/c17-13-8-11(23-15(13)19-5-1-2-6-19)9-18-10-3-4-14(20)12(7-10)16(21)22/h3-4,7-9,20H,1-2,5-6H2,(H,21,22). The zero-order valence-corrected chi connectivity index (χ0v) is 13.8. The zero-order chi connectivity index (χ0) is 16.4. The van der Waals surface area contributed by atoms with E-state index in [9.17, 15) is 9.90 Å². The third kappa shape index (κ3) is 3.39. The van der Waals surface area contributed by atoms with Crippen LogP contribution in [0.1, 0.15) is 29.0 Å². The van der Waals surface area contributed by atoms with Crippen LogP contribution < -0.4 is 4.90 Å². The summed E-state index contributed by atoms with van der Waals surface area (Å²) in [5.41, 5.74) is 0.244. The van der Waals surface area contributed by atoms with Crippen molar-refractivity contribution in [2.24, 2.45) is 4.99 Å². The van der Waals surface area contributed by atoms with E-state index < -0.39 is 5.97 Å². The van der Waals surface area contributed by atoms with Crippen LogP contribution in [0.5, 0.6) is 5.75 Å². The van der Waals surface area contributed by atoms with Crippen LogP contribution in [0.4, 0.5) is 11.6 Å². The second kappa shape index (κ2) is 6.45. The smallest absolute Gasteiger partial charge is 0.339 e. The average Bonchev–Trinajstić information content (AvgIpc) is 3.15. The highest BCUT2D eigenvalue weighted by Crippen LogP contribution is 2.32. The first-order valence-electron chi connectivity index (χ1n) is 7.19. The highest BCUT2D eigenvalue weighted by molar-refractivity contribution is 9.10. The van der Waals surface area contributed by atoms with Gasteiger partial charge in [-0.25, -0.2) is 4.79 Å². The fraction of sp³-hybridized carbons (Fsp3) is 0.250. The van der Waals surface area contributed by atoms with Crippen molar-refractivity contribution in [2.75, 3.05) is 18.0 Å². The quantitative estimate of drug-likeness (QED) is 0.790. The minimum absolute atomic E-state index is 0.182. The molecule has 1 aromatic carbocycles. The first-order chi connectivity index (χ1) is 11.0. The number of aromatic hydroxyl groups is 1. The molecule has 2 heterocycles. The van der Waals surface area contributed by atoms with Crippen LogP contribution >= 0.6 is 15.9 Å². The molecule has 0 unspecified atom stereocenters. The number of carboxylic acid groups (broad SMARTS) is 1. The molecule has 7 heteroatoms. The number of rotatable bonds is 4. The van der Waals surface area contributed by atoms with E-state index in [-0.39, 0.29) is 11.3 Å². The van der Waals surface area contributed by atoms with Crippen molar-refractivity contribution in [3.63, 3.8) is 0 Å². The van der Waals surface area contributed by atoms with Crippen LogP contribution in [0.2, 0.25) is 0 Å². The lowest BCUT2D eigenvalue weighted by molar-refractivity contribution is 0.0694. The Morgan fingerprint density at radius 2 is 2.04 bits per heavy atom. The molecule has 2 aromatic rings. The van der Waals surface area contributed by atoms with Gasteiger partial charge in [-0.2, -0.15) is 0 Å². The van der Waals surface area contributed by atoms with E-state index in [4.69, 9.17) is 9.52 Å². The van der Waals surface area contributed by atoms with Gasteiger partial charge in [0, 0.05) is 19.2 Å². The van der Waals surface area contributed by atoms with Crippen LogP contribution in [0.15, 0.2) is 38.1 Å². The summed E-state index contributed by atoms with van der Waals surface area (Å²) < 4.78 is 6.66. The van der Waals surface area contributed by atoms with Crippen LogP contribution in [0, 0.1) is 0 Å². The number of nitrogens with zero attached hydrogens (tertiary/aromatic N) is 2. The van der Waals surface area contributed by atoms with Crippen molar-refractivity contribution in [2.45, 2.75) is 12.8 Å². The molecule has 0 amide bonds. The van der Waals surface area contributed by atoms with Crippen molar-refractivity contribution in [1.82, 2.24) is 0 Å². The Labute approximate surface area is 141 Å². The van der Waals surface area contributed by atoms with Crippen LogP contribution in [0.3, 0.4) is 0 Å². The van der Waals surface area contributed by atoms with Gasteiger partial charge in [0.25, 0.3) is 0 Å². The summed E-state index contributed by atoms with van der Waals surface area (Å²) in [5, 5.41) is 18.5. The van der Waals surface area contributed by atoms with Gasteiger partial charge in [0.05, 0.1) is 16.4 Å². The van der Waals surface area contributed by atoms with Crippen molar-refractivity contribution in [3.05, 3.63) is 40.1 Å². The molecule has 6 nitrogen and oxygen atoms in total. The number of carbonyl (C=O) groups is 1.